The van der Waals surface area contributed by atoms with E-state index >= 15 is 0 Å². The van der Waals surface area contributed by atoms with Gasteiger partial charge in [0.15, 0.2) is 0 Å². The Balaban J connectivity index is 1.37. The summed E-state index contributed by atoms with van der Waals surface area (Å²) in [6.45, 7) is 2.62. The minimum absolute atomic E-state index is 0.151. The molecule has 168 valence electrons. The highest BCUT2D eigenvalue weighted by Crippen LogP contribution is 2.25. The summed E-state index contributed by atoms with van der Waals surface area (Å²) in [5.41, 5.74) is 4.18. The lowest BCUT2D eigenvalue weighted by Gasteiger charge is -2.13. The van der Waals surface area contributed by atoms with Gasteiger partial charge >= 0.3 is 0 Å². The van der Waals surface area contributed by atoms with Gasteiger partial charge < -0.3 is 10.6 Å². The zero-order valence-electron chi connectivity index (χ0n) is 18.4. The van der Waals surface area contributed by atoms with Crippen LogP contribution >= 0.6 is 11.3 Å². The monoisotopic (exact) mass is 459 g/mol. The van der Waals surface area contributed by atoms with Gasteiger partial charge in [0.1, 0.15) is 0 Å². The number of benzene rings is 2. The third-order valence-electron chi connectivity index (χ3n) is 5.96. The van der Waals surface area contributed by atoms with Crippen LogP contribution in [0.2, 0.25) is 0 Å². The summed E-state index contributed by atoms with van der Waals surface area (Å²) in [4.78, 5) is 30.7. The number of hydrogen-bond donors (Lipinski definition) is 2. The first-order valence-corrected chi connectivity index (χ1v) is 12.0. The predicted molar refractivity (Wildman–Crippen MR) is 133 cm³/mol. The predicted octanol–water partition coefficient (Wildman–Crippen LogP) is 4.98. The second-order valence-electron chi connectivity index (χ2n) is 8.30. The maximum atomic E-state index is 13.0. The lowest BCUT2D eigenvalue weighted by molar-refractivity contribution is 0.0954. The van der Waals surface area contributed by atoms with Crippen molar-refractivity contribution < 1.29 is 4.79 Å². The van der Waals surface area contributed by atoms with E-state index in [4.69, 9.17) is 0 Å². The van der Waals surface area contributed by atoms with Gasteiger partial charge in [-0.2, -0.15) is 4.52 Å². The van der Waals surface area contributed by atoms with E-state index in [1.54, 1.807) is 18.2 Å². The number of hydrogen-bond acceptors (Lipinski definition) is 6. The van der Waals surface area contributed by atoms with Gasteiger partial charge in [-0.15, -0.1) is 5.10 Å². The highest BCUT2D eigenvalue weighted by Gasteiger charge is 2.14. The van der Waals surface area contributed by atoms with Crippen molar-refractivity contribution in [1.82, 2.24) is 19.9 Å². The van der Waals surface area contributed by atoms with Gasteiger partial charge in [-0.25, -0.2) is 4.98 Å². The summed E-state index contributed by atoms with van der Waals surface area (Å²) >= 11 is 1.30. The first kappa shape index (κ1) is 21.3. The van der Waals surface area contributed by atoms with Crippen LogP contribution in [0.1, 0.15) is 48.0 Å². The molecule has 1 amide bonds. The van der Waals surface area contributed by atoms with E-state index in [1.165, 1.54) is 34.3 Å². The number of allylic oxidation sites excluding steroid dienone is 1. The maximum absolute atomic E-state index is 13.0. The Morgan fingerprint density at radius 3 is 2.88 bits per heavy atom. The Kier molecular flexibility index (Phi) is 5.92. The molecule has 2 aromatic carbocycles. The second-order valence-corrected chi connectivity index (χ2v) is 9.26. The molecule has 0 spiro atoms. The van der Waals surface area contributed by atoms with Crippen molar-refractivity contribution in [2.45, 2.75) is 39.0 Å². The first-order chi connectivity index (χ1) is 16.1. The third-order valence-corrected chi connectivity index (χ3v) is 6.79. The van der Waals surface area contributed by atoms with Crippen molar-refractivity contribution in [3.8, 4) is 0 Å². The normalized spacial score (nSPS) is 13.8. The van der Waals surface area contributed by atoms with Crippen LogP contribution in [0.5, 0.6) is 0 Å². The molecule has 2 N–H and O–H groups in total. The number of amides is 1. The van der Waals surface area contributed by atoms with E-state index in [0.29, 0.717) is 33.1 Å². The molecule has 0 unspecified atom stereocenters. The highest BCUT2D eigenvalue weighted by atomic mass is 32.1. The van der Waals surface area contributed by atoms with Crippen LogP contribution in [0.3, 0.4) is 0 Å². The lowest BCUT2D eigenvalue weighted by atomic mass is 9.97. The molecule has 8 heteroatoms. The first-order valence-electron chi connectivity index (χ1n) is 11.2. The van der Waals surface area contributed by atoms with Crippen molar-refractivity contribution in [3.05, 3.63) is 75.6 Å². The minimum Gasteiger partial charge on any atom is -0.352 e. The number of aromatic nitrogens is 3. The summed E-state index contributed by atoms with van der Waals surface area (Å²) in [6.07, 6.45) is 7.95. The van der Waals surface area contributed by atoms with Crippen LogP contribution in [0.25, 0.3) is 15.9 Å². The largest absolute Gasteiger partial charge is 0.352 e. The molecule has 0 fully saturated rings. The van der Waals surface area contributed by atoms with Gasteiger partial charge in [0.05, 0.1) is 10.9 Å². The zero-order chi connectivity index (χ0) is 22.8. The fraction of sp³-hybridized carbons (Fsp3) is 0.280. The van der Waals surface area contributed by atoms with Crippen LogP contribution in [-0.4, -0.2) is 27.0 Å². The topological polar surface area (TPSA) is 88.4 Å². The van der Waals surface area contributed by atoms with Gasteiger partial charge in [-0.05, 0) is 68.9 Å². The summed E-state index contributed by atoms with van der Waals surface area (Å²) in [7, 11) is 0. The Labute approximate surface area is 195 Å². The van der Waals surface area contributed by atoms with Crippen molar-refractivity contribution in [2.24, 2.45) is 0 Å². The lowest BCUT2D eigenvalue weighted by Crippen LogP contribution is -2.25. The number of fused-ring (bicyclic) bond motifs is 2. The summed E-state index contributed by atoms with van der Waals surface area (Å²) in [5, 5.41) is 11.7. The number of carbonyl (C=O) groups is 1. The summed E-state index contributed by atoms with van der Waals surface area (Å²) in [5.74, 6) is -0.151. The average Bonchev–Trinajstić information content (AvgIpc) is 3.23. The van der Waals surface area contributed by atoms with Gasteiger partial charge in [0.2, 0.25) is 10.1 Å². The van der Waals surface area contributed by atoms with Gasteiger partial charge in [0.25, 0.3) is 11.5 Å². The SMILES string of the molecule is Cc1ccccc1Nc1nn2c(=O)c3ccc(C(=O)NCCC4=CCCCC4)cc3nc2s1. The Hall–Kier alpha value is -3.52. The number of nitrogens with zero attached hydrogens (tertiary/aromatic N) is 3. The fourth-order valence-corrected chi connectivity index (χ4v) is 4.91. The van der Waals surface area contributed by atoms with E-state index in [0.717, 1.165) is 30.5 Å². The van der Waals surface area contributed by atoms with Crippen molar-refractivity contribution in [3.63, 3.8) is 0 Å². The number of rotatable bonds is 6. The molecule has 1 aliphatic carbocycles. The molecule has 0 saturated carbocycles. The zero-order valence-corrected chi connectivity index (χ0v) is 19.2. The fourth-order valence-electron chi connectivity index (χ4n) is 4.10. The summed E-state index contributed by atoms with van der Waals surface area (Å²) < 4.78 is 1.31. The molecule has 1 aliphatic rings. The molecule has 0 atom stereocenters. The Bertz CT molecular complexity index is 1440. The summed E-state index contributed by atoms with van der Waals surface area (Å²) in [6, 6.07) is 12.9. The highest BCUT2D eigenvalue weighted by molar-refractivity contribution is 7.20. The van der Waals surface area contributed by atoms with E-state index in [2.05, 4.69) is 26.8 Å². The van der Waals surface area contributed by atoms with Gasteiger partial charge in [0, 0.05) is 17.8 Å². The second kappa shape index (κ2) is 9.15. The molecule has 5 rings (SSSR count). The molecule has 7 nitrogen and oxygen atoms in total. The van der Waals surface area contributed by atoms with E-state index in [1.807, 2.05) is 31.2 Å². The molecule has 2 aromatic heterocycles. The molecular formula is C25H25N5O2S. The average molecular weight is 460 g/mol. The molecular weight excluding hydrogens is 434 g/mol. The molecule has 4 aromatic rings. The van der Waals surface area contributed by atoms with Gasteiger partial charge in [-0.1, -0.05) is 41.2 Å². The number of aryl methyl sites for hydroxylation is 1. The van der Waals surface area contributed by atoms with Gasteiger partial charge in [-0.3, -0.25) is 9.59 Å². The van der Waals surface area contributed by atoms with Crippen molar-refractivity contribution in [2.75, 3.05) is 11.9 Å². The quantitative estimate of drug-likeness (QED) is 0.397. The Morgan fingerprint density at radius 1 is 1.18 bits per heavy atom. The standard InChI is InChI=1S/C25H25N5O2S/c1-16-7-5-6-10-20(16)27-24-29-30-23(32)19-12-11-18(15-21(19)28-25(30)33-24)22(31)26-14-13-17-8-3-2-4-9-17/h5-8,10-12,15H,2-4,9,13-14H2,1H3,(H,26,31)(H,27,29). The van der Waals surface area contributed by atoms with Crippen LogP contribution in [-0.2, 0) is 0 Å². The van der Waals surface area contributed by atoms with E-state index in [-0.39, 0.29) is 11.5 Å². The third kappa shape index (κ3) is 4.52. The molecule has 0 aliphatic heterocycles. The van der Waals surface area contributed by atoms with Crippen LogP contribution in [0.4, 0.5) is 10.8 Å². The smallest absolute Gasteiger partial charge is 0.283 e. The van der Waals surface area contributed by atoms with Crippen LogP contribution in [0.15, 0.2) is 58.9 Å². The molecule has 0 saturated heterocycles. The molecule has 0 bridgehead atoms. The minimum atomic E-state index is -0.250. The number of anilines is 2. The number of carbonyl (C=O) groups excluding carboxylic acids is 1. The maximum Gasteiger partial charge on any atom is 0.283 e. The number of para-hydroxylation sites is 1. The number of nitrogens with one attached hydrogen (secondary N) is 2. The Morgan fingerprint density at radius 2 is 2.06 bits per heavy atom. The van der Waals surface area contributed by atoms with Crippen molar-refractivity contribution in [1.29, 1.82) is 0 Å². The van der Waals surface area contributed by atoms with Crippen LogP contribution in [0, 0.1) is 6.92 Å². The molecule has 2 heterocycles. The van der Waals surface area contributed by atoms with Crippen molar-refractivity contribution >= 4 is 43.9 Å². The molecule has 33 heavy (non-hydrogen) atoms. The van der Waals surface area contributed by atoms with E-state index < -0.39 is 0 Å². The van der Waals surface area contributed by atoms with E-state index in [9.17, 15) is 9.59 Å². The molecule has 0 radical (unpaired) electrons. The van der Waals surface area contributed by atoms with Crippen LogP contribution < -0.4 is 16.2 Å².